The summed E-state index contributed by atoms with van der Waals surface area (Å²) in [4.78, 5) is 35.7. The van der Waals surface area contributed by atoms with Gasteiger partial charge in [0.05, 0.1) is 0 Å². The summed E-state index contributed by atoms with van der Waals surface area (Å²) in [6.07, 6.45) is -1.00. The lowest BCUT2D eigenvalue weighted by Crippen LogP contribution is -2.31. The van der Waals surface area contributed by atoms with Gasteiger partial charge < -0.3 is 14.8 Å². The van der Waals surface area contributed by atoms with Crippen LogP contribution in [-0.4, -0.2) is 30.4 Å². The van der Waals surface area contributed by atoms with E-state index in [1.165, 1.54) is 13.8 Å². The Morgan fingerprint density at radius 2 is 1.71 bits per heavy atom. The van der Waals surface area contributed by atoms with Gasteiger partial charge in [0, 0.05) is 11.3 Å². The number of hydrogen-bond acceptors (Lipinski definition) is 5. The van der Waals surface area contributed by atoms with Crippen molar-refractivity contribution in [1.82, 2.24) is 0 Å². The summed E-state index contributed by atoms with van der Waals surface area (Å²) >= 11 is 0. The molecule has 0 aromatic heterocycles. The Bertz CT molecular complexity index is 860. The molecular formula is C22H25NO5. The summed E-state index contributed by atoms with van der Waals surface area (Å²) in [7, 11) is 0. The number of rotatable bonds is 8. The van der Waals surface area contributed by atoms with Gasteiger partial charge in [-0.3, -0.25) is 9.59 Å². The van der Waals surface area contributed by atoms with E-state index >= 15 is 0 Å². The molecule has 0 fully saturated rings. The summed E-state index contributed by atoms with van der Waals surface area (Å²) in [5, 5.41) is 2.63. The highest BCUT2D eigenvalue weighted by Gasteiger charge is 2.19. The quantitative estimate of drug-likeness (QED) is 0.551. The molecule has 0 radical (unpaired) electrons. The third-order valence-electron chi connectivity index (χ3n) is 4.10. The molecule has 1 amide bonds. The molecule has 1 atom stereocenters. The Labute approximate surface area is 164 Å². The SMILES string of the molecule is CC(=O)c1cccc(NC(=O)[C@@H](C)OC(=O)COc2ccccc2C(C)C)c1. The molecule has 0 aliphatic rings. The maximum atomic E-state index is 12.2. The predicted octanol–water partition coefficient (Wildman–Crippen LogP) is 3.96. The molecule has 148 valence electrons. The summed E-state index contributed by atoms with van der Waals surface area (Å²) in [6, 6.07) is 14.0. The van der Waals surface area contributed by atoms with Crippen molar-refractivity contribution in [2.75, 3.05) is 11.9 Å². The second-order valence-corrected chi connectivity index (χ2v) is 6.74. The van der Waals surface area contributed by atoms with Crippen molar-refractivity contribution in [3.05, 3.63) is 59.7 Å². The van der Waals surface area contributed by atoms with Gasteiger partial charge in [-0.1, -0.05) is 44.2 Å². The van der Waals surface area contributed by atoms with Crippen LogP contribution >= 0.6 is 0 Å². The maximum absolute atomic E-state index is 12.2. The monoisotopic (exact) mass is 383 g/mol. The first-order valence-electron chi connectivity index (χ1n) is 9.11. The molecule has 1 N–H and O–H groups in total. The van der Waals surface area contributed by atoms with Gasteiger partial charge in [-0.15, -0.1) is 0 Å². The van der Waals surface area contributed by atoms with E-state index in [1.807, 2.05) is 32.0 Å². The second-order valence-electron chi connectivity index (χ2n) is 6.74. The van der Waals surface area contributed by atoms with Crippen molar-refractivity contribution in [3.63, 3.8) is 0 Å². The fourth-order valence-electron chi connectivity index (χ4n) is 2.57. The topological polar surface area (TPSA) is 81.7 Å². The molecule has 0 saturated carbocycles. The van der Waals surface area contributed by atoms with Gasteiger partial charge in [-0.05, 0) is 43.5 Å². The van der Waals surface area contributed by atoms with Crippen LogP contribution < -0.4 is 10.1 Å². The van der Waals surface area contributed by atoms with Crippen molar-refractivity contribution in [2.24, 2.45) is 0 Å². The van der Waals surface area contributed by atoms with E-state index in [2.05, 4.69) is 5.32 Å². The van der Waals surface area contributed by atoms with Crippen LogP contribution in [0.1, 0.15) is 49.5 Å². The lowest BCUT2D eigenvalue weighted by molar-refractivity contribution is -0.155. The number of amides is 1. The third kappa shape index (κ3) is 5.94. The molecule has 0 spiro atoms. The van der Waals surface area contributed by atoms with E-state index in [9.17, 15) is 14.4 Å². The zero-order chi connectivity index (χ0) is 20.7. The Kier molecular flexibility index (Phi) is 7.32. The van der Waals surface area contributed by atoms with Crippen LogP contribution in [0.3, 0.4) is 0 Å². The zero-order valence-electron chi connectivity index (χ0n) is 16.5. The van der Waals surface area contributed by atoms with Crippen molar-refractivity contribution in [3.8, 4) is 5.75 Å². The van der Waals surface area contributed by atoms with Crippen molar-refractivity contribution in [2.45, 2.75) is 39.7 Å². The smallest absolute Gasteiger partial charge is 0.344 e. The predicted molar refractivity (Wildman–Crippen MR) is 107 cm³/mol. The van der Waals surface area contributed by atoms with Crippen molar-refractivity contribution >= 4 is 23.3 Å². The first-order valence-corrected chi connectivity index (χ1v) is 9.11. The number of ketones is 1. The largest absolute Gasteiger partial charge is 0.482 e. The molecule has 0 aliphatic carbocycles. The van der Waals surface area contributed by atoms with Gasteiger partial charge in [0.1, 0.15) is 5.75 Å². The van der Waals surface area contributed by atoms with Crippen LogP contribution in [0, 0.1) is 0 Å². The Morgan fingerprint density at radius 1 is 1.00 bits per heavy atom. The summed E-state index contributed by atoms with van der Waals surface area (Å²) in [5.41, 5.74) is 1.94. The van der Waals surface area contributed by atoms with Crippen LogP contribution in [0.25, 0.3) is 0 Å². The highest BCUT2D eigenvalue weighted by molar-refractivity contribution is 5.98. The van der Waals surface area contributed by atoms with Gasteiger partial charge in [0.25, 0.3) is 5.91 Å². The normalized spacial score (nSPS) is 11.6. The summed E-state index contributed by atoms with van der Waals surface area (Å²) in [6.45, 7) is 6.70. The number of carbonyl (C=O) groups excluding carboxylic acids is 3. The molecule has 0 bridgehead atoms. The van der Waals surface area contributed by atoms with Gasteiger partial charge >= 0.3 is 5.97 Å². The number of hydrogen-bond donors (Lipinski definition) is 1. The standard InChI is InChI=1S/C22H25NO5/c1-14(2)19-10-5-6-11-20(19)27-13-21(25)28-16(4)22(26)23-18-9-7-8-17(12-18)15(3)24/h5-12,14,16H,13H2,1-4H3,(H,23,26)/t16-/m1/s1. The van der Waals surface area contributed by atoms with E-state index in [1.54, 1.807) is 30.3 Å². The minimum absolute atomic E-state index is 0.102. The Hall–Kier alpha value is -3.15. The lowest BCUT2D eigenvalue weighted by Gasteiger charge is -2.16. The summed E-state index contributed by atoms with van der Waals surface area (Å²) < 4.78 is 10.7. The van der Waals surface area contributed by atoms with Gasteiger partial charge in [0.15, 0.2) is 18.5 Å². The minimum atomic E-state index is -1.00. The highest BCUT2D eigenvalue weighted by Crippen LogP contribution is 2.25. The van der Waals surface area contributed by atoms with Crippen LogP contribution in [0.2, 0.25) is 0 Å². The van der Waals surface area contributed by atoms with Gasteiger partial charge in [0.2, 0.25) is 0 Å². The average Bonchev–Trinajstić information content (AvgIpc) is 2.66. The second kappa shape index (κ2) is 9.69. The Balaban J connectivity index is 1.89. The molecule has 2 aromatic rings. The summed E-state index contributed by atoms with van der Waals surface area (Å²) in [5.74, 6) is -0.361. The zero-order valence-corrected chi connectivity index (χ0v) is 16.5. The van der Waals surface area contributed by atoms with Gasteiger partial charge in [-0.2, -0.15) is 0 Å². The maximum Gasteiger partial charge on any atom is 0.344 e. The van der Waals surface area contributed by atoms with Crippen molar-refractivity contribution in [1.29, 1.82) is 0 Å². The molecule has 2 rings (SSSR count). The fraction of sp³-hybridized carbons (Fsp3) is 0.318. The number of benzene rings is 2. The number of ether oxygens (including phenoxy) is 2. The number of carbonyl (C=O) groups is 3. The number of nitrogens with one attached hydrogen (secondary N) is 1. The first kappa shape index (κ1) is 21.2. The van der Waals surface area contributed by atoms with E-state index in [0.717, 1.165) is 5.56 Å². The van der Waals surface area contributed by atoms with Crippen LogP contribution in [0.15, 0.2) is 48.5 Å². The number of anilines is 1. The first-order chi connectivity index (χ1) is 13.3. The minimum Gasteiger partial charge on any atom is -0.482 e. The number of Topliss-reactive ketones (excluding diaryl/α,β-unsaturated/α-hetero) is 1. The molecule has 0 aliphatic heterocycles. The fourth-order valence-corrected chi connectivity index (χ4v) is 2.57. The van der Waals surface area contributed by atoms with E-state index in [4.69, 9.17) is 9.47 Å². The molecule has 0 unspecified atom stereocenters. The molecular weight excluding hydrogens is 358 g/mol. The molecule has 6 nitrogen and oxygen atoms in total. The molecule has 6 heteroatoms. The van der Waals surface area contributed by atoms with Gasteiger partial charge in [-0.25, -0.2) is 4.79 Å². The molecule has 2 aromatic carbocycles. The van der Waals surface area contributed by atoms with Crippen LogP contribution in [-0.2, 0) is 14.3 Å². The van der Waals surface area contributed by atoms with Crippen LogP contribution in [0.4, 0.5) is 5.69 Å². The third-order valence-corrected chi connectivity index (χ3v) is 4.10. The number of para-hydroxylation sites is 1. The molecule has 0 saturated heterocycles. The Morgan fingerprint density at radius 3 is 2.39 bits per heavy atom. The van der Waals surface area contributed by atoms with Crippen molar-refractivity contribution < 1.29 is 23.9 Å². The average molecular weight is 383 g/mol. The molecule has 0 heterocycles. The van der Waals surface area contributed by atoms with E-state index < -0.39 is 18.0 Å². The highest BCUT2D eigenvalue weighted by atomic mass is 16.6. The number of esters is 1. The lowest BCUT2D eigenvalue weighted by atomic mass is 10.0. The van der Waals surface area contributed by atoms with E-state index in [-0.39, 0.29) is 18.3 Å². The molecule has 28 heavy (non-hydrogen) atoms. The van der Waals surface area contributed by atoms with Crippen LogP contribution in [0.5, 0.6) is 5.75 Å². The van der Waals surface area contributed by atoms with E-state index in [0.29, 0.717) is 17.0 Å².